The number of primary amides is 2. The molecule has 0 radical (unpaired) electrons. The first-order chi connectivity index (χ1) is 24.4. The fourth-order valence-electron chi connectivity index (χ4n) is 4.00. The van der Waals surface area contributed by atoms with Crippen LogP contribution in [0.3, 0.4) is 0 Å². The van der Waals surface area contributed by atoms with E-state index in [1.165, 1.54) is 6.92 Å². The Morgan fingerprint density at radius 3 is 1.56 bits per heavy atom. The van der Waals surface area contributed by atoms with Crippen LogP contribution in [0.25, 0.3) is 0 Å². The van der Waals surface area contributed by atoms with Gasteiger partial charge in [-0.3, -0.25) is 43.2 Å². The highest BCUT2D eigenvalue weighted by Crippen LogP contribution is 2.04. The van der Waals surface area contributed by atoms with Crippen molar-refractivity contribution in [1.29, 1.82) is 0 Å². The molecule has 18 N–H and O–H groups in total. The maximum absolute atomic E-state index is 13.0. The van der Waals surface area contributed by atoms with Gasteiger partial charge < -0.3 is 75.5 Å². The maximum Gasteiger partial charge on any atom is 0.326 e. The zero-order chi connectivity index (χ0) is 40.0. The van der Waals surface area contributed by atoms with Gasteiger partial charge in [0.15, 0.2) is 0 Å². The highest BCUT2D eigenvalue weighted by atomic mass is 16.4. The standard InChI is InChI=1S/C28H49N11O13/c1-13(30)23(46)36-14(4-2-3-7-29)25(48)39-18(12-41)27(50)37-15(5-6-19(31)42)24(47)34-9-21(44)33-10-22(45)35-17(11-40)26(49)38-16(28(51)52)8-20(32)43/h13-18,40-41H,2-12,29-30H2,1H3,(H2,31,42)(H2,32,43)(H,33,44)(H,34,47)(H,35,45)(H,36,46)(H,37,50)(H,38,49)(H,39,48)(H,51,52)/t13-,14-,15-,16-,17-,18-/m0/s1. The van der Waals surface area contributed by atoms with Crippen LogP contribution in [-0.2, 0) is 47.9 Å². The van der Waals surface area contributed by atoms with E-state index in [-0.39, 0.29) is 12.8 Å². The summed E-state index contributed by atoms with van der Waals surface area (Å²) < 4.78 is 0. The Morgan fingerprint density at radius 1 is 0.577 bits per heavy atom. The largest absolute Gasteiger partial charge is 0.480 e. The number of carbonyl (C=O) groups excluding carboxylic acids is 9. The molecule has 6 atom stereocenters. The van der Waals surface area contributed by atoms with Gasteiger partial charge in [-0.25, -0.2) is 4.79 Å². The van der Waals surface area contributed by atoms with Crippen molar-refractivity contribution >= 4 is 59.1 Å². The van der Waals surface area contributed by atoms with E-state index in [0.29, 0.717) is 19.4 Å². The SMILES string of the molecule is C[C@H](N)C(=O)N[C@@H](CCCCN)C(=O)N[C@@H](CO)C(=O)N[C@@H](CCC(N)=O)C(=O)NCC(=O)NCC(=O)N[C@@H](CO)C(=O)N[C@@H](CC(N)=O)C(=O)O. The minimum atomic E-state index is -1.74. The lowest BCUT2D eigenvalue weighted by Crippen LogP contribution is -2.59. The second-order valence-electron chi connectivity index (χ2n) is 11.3. The number of aliphatic hydroxyl groups excluding tert-OH is 2. The van der Waals surface area contributed by atoms with Gasteiger partial charge in [0.1, 0.15) is 30.2 Å². The summed E-state index contributed by atoms with van der Waals surface area (Å²) in [6.07, 6.45) is -0.495. The third kappa shape index (κ3) is 19.1. The smallest absolute Gasteiger partial charge is 0.326 e. The number of amides is 9. The number of nitrogens with one attached hydrogen (secondary N) is 7. The van der Waals surface area contributed by atoms with E-state index in [0.717, 1.165) is 0 Å². The average Bonchev–Trinajstić information content (AvgIpc) is 3.07. The third-order valence-corrected chi connectivity index (χ3v) is 6.84. The summed E-state index contributed by atoms with van der Waals surface area (Å²) in [6, 6.07) is -8.69. The van der Waals surface area contributed by atoms with E-state index in [1.54, 1.807) is 0 Å². The molecule has 52 heavy (non-hydrogen) atoms. The molecule has 0 aliphatic rings. The molecule has 0 aromatic carbocycles. The first-order valence-corrected chi connectivity index (χ1v) is 15.9. The third-order valence-electron chi connectivity index (χ3n) is 6.84. The van der Waals surface area contributed by atoms with Crippen LogP contribution in [0, 0.1) is 0 Å². The molecular formula is C28H49N11O13. The number of hydrogen-bond donors (Lipinski definition) is 14. The number of aliphatic carboxylic acids is 1. The fraction of sp³-hybridized carbons (Fsp3) is 0.643. The second-order valence-corrected chi connectivity index (χ2v) is 11.3. The minimum Gasteiger partial charge on any atom is -0.480 e. The summed E-state index contributed by atoms with van der Waals surface area (Å²) in [7, 11) is 0. The minimum absolute atomic E-state index is 0.123. The van der Waals surface area contributed by atoms with Gasteiger partial charge in [-0.2, -0.15) is 0 Å². The lowest BCUT2D eigenvalue weighted by Gasteiger charge is -2.24. The molecule has 0 fully saturated rings. The quantitative estimate of drug-likeness (QED) is 0.0365. The number of aliphatic hydroxyl groups is 2. The van der Waals surface area contributed by atoms with Gasteiger partial charge in [0, 0.05) is 6.42 Å². The number of hydrogen-bond acceptors (Lipinski definition) is 14. The number of nitrogens with two attached hydrogens (primary N) is 4. The van der Waals surface area contributed by atoms with Crippen LogP contribution in [0.15, 0.2) is 0 Å². The van der Waals surface area contributed by atoms with Crippen molar-refractivity contribution in [2.24, 2.45) is 22.9 Å². The second kappa shape index (κ2) is 24.6. The molecular weight excluding hydrogens is 698 g/mol. The van der Waals surface area contributed by atoms with Crippen LogP contribution in [0.4, 0.5) is 0 Å². The normalized spacial score (nSPS) is 14.1. The van der Waals surface area contributed by atoms with Crippen molar-refractivity contribution in [3.05, 3.63) is 0 Å². The first kappa shape index (κ1) is 46.5. The van der Waals surface area contributed by atoms with Crippen LogP contribution >= 0.6 is 0 Å². The topological polar surface area (TPSA) is 420 Å². The van der Waals surface area contributed by atoms with Gasteiger partial charge in [-0.15, -0.1) is 0 Å². The van der Waals surface area contributed by atoms with Gasteiger partial charge >= 0.3 is 5.97 Å². The van der Waals surface area contributed by atoms with E-state index in [1.807, 2.05) is 10.6 Å². The van der Waals surface area contributed by atoms with Crippen molar-refractivity contribution < 1.29 is 63.3 Å². The molecule has 0 saturated heterocycles. The Bertz CT molecular complexity index is 1300. The summed E-state index contributed by atoms with van der Waals surface area (Å²) >= 11 is 0. The molecule has 9 amide bonds. The highest BCUT2D eigenvalue weighted by molar-refractivity contribution is 5.96. The van der Waals surface area contributed by atoms with E-state index in [4.69, 9.17) is 28.0 Å². The summed E-state index contributed by atoms with van der Waals surface area (Å²) in [5, 5.41) is 43.5. The first-order valence-electron chi connectivity index (χ1n) is 15.9. The Balaban J connectivity index is 5.34. The number of unbranched alkanes of at least 4 members (excludes halogenated alkanes) is 1. The molecule has 0 bridgehead atoms. The lowest BCUT2D eigenvalue weighted by atomic mass is 10.1. The summed E-state index contributed by atoms with van der Waals surface area (Å²) in [4.78, 5) is 121. The number of rotatable bonds is 26. The van der Waals surface area contributed by atoms with Crippen LogP contribution in [0.5, 0.6) is 0 Å². The monoisotopic (exact) mass is 747 g/mol. The number of carbonyl (C=O) groups is 10. The van der Waals surface area contributed by atoms with Gasteiger partial charge in [0.2, 0.25) is 53.2 Å². The zero-order valence-corrected chi connectivity index (χ0v) is 28.5. The molecule has 24 heteroatoms. The molecule has 0 heterocycles. The van der Waals surface area contributed by atoms with Crippen molar-refractivity contribution in [3.63, 3.8) is 0 Å². The van der Waals surface area contributed by atoms with E-state index >= 15 is 0 Å². The average molecular weight is 748 g/mol. The molecule has 294 valence electrons. The van der Waals surface area contributed by atoms with Crippen molar-refractivity contribution in [3.8, 4) is 0 Å². The van der Waals surface area contributed by atoms with Gasteiger partial charge in [0.05, 0.1) is 38.8 Å². The van der Waals surface area contributed by atoms with Crippen LogP contribution in [-0.4, -0.2) is 144 Å². The van der Waals surface area contributed by atoms with Crippen molar-refractivity contribution in [2.45, 2.75) is 81.7 Å². The summed E-state index contributed by atoms with van der Waals surface area (Å²) in [6.45, 7) is -1.82. The molecule has 0 spiro atoms. The lowest BCUT2D eigenvalue weighted by molar-refractivity contribution is -0.144. The fourth-order valence-corrected chi connectivity index (χ4v) is 4.00. The van der Waals surface area contributed by atoms with Crippen LogP contribution in [0.1, 0.15) is 45.4 Å². The van der Waals surface area contributed by atoms with Crippen LogP contribution < -0.4 is 60.2 Å². The van der Waals surface area contributed by atoms with Gasteiger partial charge in [-0.1, -0.05) is 0 Å². The Labute approximate surface area is 297 Å². The Morgan fingerprint density at radius 2 is 1.06 bits per heavy atom. The Hall–Kier alpha value is -5.46. The van der Waals surface area contributed by atoms with E-state index < -0.39 is 135 Å². The van der Waals surface area contributed by atoms with Crippen molar-refractivity contribution in [2.75, 3.05) is 32.8 Å². The molecule has 0 aromatic rings. The maximum atomic E-state index is 13.0. The van der Waals surface area contributed by atoms with E-state index in [2.05, 4.69) is 26.6 Å². The Kier molecular flexibility index (Phi) is 22.1. The molecule has 24 nitrogen and oxygen atoms in total. The number of carboxylic acid groups (broad SMARTS) is 1. The summed E-state index contributed by atoms with van der Waals surface area (Å²) in [5.74, 6) is -10.3. The number of carboxylic acids is 1. The van der Waals surface area contributed by atoms with E-state index in [9.17, 15) is 58.2 Å². The van der Waals surface area contributed by atoms with Gasteiger partial charge in [-0.05, 0) is 39.2 Å². The molecule has 0 aliphatic carbocycles. The van der Waals surface area contributed by atoms with Gasteiger partial charge in [0.25, 0.3) is 0 Å². The van der Waals surface area contributed by atoms with Crippen molar-refractivity contribution in [1.82, 2.24) is 37.2 Å². The molecule has 0 unspecified atom stereocenters. The molecule has 0 aromatic heterocycles. The molecule has 0 saturated carbocycles. The van der Waals surface area contributed by atoms with Crippen LogP contribution in [0.2, 0.25) is 0 Å². The predicted octanol–water partition coefficient (Wildman–Crippen LogP) is -8.67. The highest BCUT2D eigenvalue weighted by Gasteiger charge is 2.31. The molecule has 0 aliphatic heterocycles. The zero-order valence-electron chi connectivity index (χ0n) is 28.5. The molecule has 0 rings (SSSR count). The summed E-state index contributed by atoms with van der Waals surface area (Å²) in [5.41, 5.74) is 21.1. The predicted molar refractivity (Wildman–Crippen MR) is 176 cm³/mol.